The number of non-ortho nitro benzene ring substituents is 1. The molecule has 160 valence electrons. The smallest absolute Gasteiger partial charge is 0.271 e. The maximum Gasteiger partial charge on any atom is 0.271 e. The molecule has 3 rings (SSSR count). The van der Waals surface area contributed by atoms with E-state index in [1.165, 1.54) is 24.3 Å². The third kappa shape index (κ3) is 5.35. The van der Waals surface area contributed by atoms with Crippen molar-refractivity contribution >= 4 is 28.7 Å². The average molecular weight is 417 g/mol. The number of carbonyl (C=O) groups is 1. The second-order valence-electron chi connectivity index (χ2n) is 6.84. The Morgan fingerprint density at radius 1 is 1.07 bits per heavy atom. The molecule has 1 saturated heterocycles. The fourth-order valence-electron chi connectivity index (χ4n) is 3.29. The number of anilines is 3. The maximum absolute atomic E-state index is 13.1. The van der Waals surface area contributed by atoms with Gasteiger partial charge in [-0.05, 0) is 30.3 Å². The topological polar surface area (TPSA) is 111 Å². The highest BCUT2D eigenvalue weighted by Crippen LogP contribution is 2.27. The molecule has 0 unspecified atom stereocenters. The number of halogens is 1. The first kappa shape index (κ1) is 21.3. The highest BCUT2D eigenvalue weighted by Gasteiger charge is 2.21. The molecule has 10 heteroatoms. The second kappa shape index (κ2) is 9.88. The molecule has 30 heavy (non-hydrogen) atoms. The van der Waals surface area contributed by atoms with Crippen LogP contribution in [0.1, 0.15) is 0 Å². The van der Waals surface area contributed by atoms with Gasteiger partial charge in [0.15, 0.2) is 0 Å². The minimum absolute atomic E-state index is 0.00841. The highest BCUT2D eigenvalue weighted by molar-refractivity contribution is 5.83. The monoisotopic (exact) mass is 417 g/mol. The quantitative estimate of drug-likeness (QED) is 0.444. The van der Waals surface area contributed by atoms with Crippen LogP contribution < -0.4 is 15.5 Å². The number of aliphatic hydroxyl groups excluding tert-OH is 1. The summed E-state index contributed by atoms with van der Waals surface area (Å²) in [6, 6.07) is 10.5. The first-order valence-electron chi connectivity index (χ1n) is 9.63. The summed E-state index contributed by atoms with van der Waals surface area (Å²) >= 11 is 0. The lowest BCUT2D eigenvalue weighted by Gasteiger charge is -2.36. The van der Waals surface area contributed by atoms with Crippen LogP contribution >= 0.6 is 0 Å². The number of amides is 1. The minimum Gasteiger partial charge on any atom is -0.395 e. The van der Waals surface area contributed by atoms with Crippen LogP contribution in [-0.4, -0.2) is 66.7 Å². The lowest BCUT2D eigenvalue weighted by atomic mass is 10.2. The number of nitrogens with one attached hydrogen (secondary N) is 2. The summed E-state index contributed by atoms with van der Waals surface area (Å²) in [5.74, 6) is -0.402. The summed E-state index contributed by atoms with van der Waals surface area (Å²) in [6.07, 6.45) is 0. The molecule has 0 saturated carbocycles. The number of nitro groups is 1. The van der Waals surface area contributed by atoms with Gasteiger partial charge in [0.05, 0.1) is 29.4 Å². The Hall–Kier alpha value is -3.40. The molecule has 0 bridgehead atoms. The van der Waals surface area contributed by atoms with E-state index in [0.717, 1.165) is 5.69 Å². The number of carbonyl (C=O) groups excluding carboxylic acids is 1. The van der Waals surface area contributed by atoms with Crippen molar-refractivity contribution in [3.8, 4) is 0 Å². The minimum atomic E-state index is -0.502. The van der Waals surface area contributed by atoms with Gasteiger partial charge in [-0.1, -0.05) is 0 Å². The van der Waals surface area contributed by atoms with E-state index < -0.39 is 4.92 Å². The summed E-state index contributed by atoms with van der Waals surface area (Å²) in [7, 11) is 0. The number of hydrogen-bond acceptors (Lipinski definition) is 7. The summed E-state index contributed by atoms with van der Waals surface area (Å²) in [6.45, 7) is 2.52. The van der Waals surface area contributed by atoms with E-state index in [2.05, 4.69) is 15.5 Å². The van der Waals surface area contributed by atoms with Crippen LogP contribution in [0.2, 0.25) is 0 Å². The van der Waals surface area contributed by atoms with Gasteiger partial charge in [0.2, 0.25) is 5.91 Å². The Morgan fingerprint density at radius 2 is 1.77 bits per heavy atom. The van der Waals surface area contributed by atoms with E-state index in [1.807, 2.05) is 0 Å². The molecule has 1 aliphatic heterocycles. The standard InChI is InChI=1S/C20H24FN5O4/c21-15-1-3-16(4-2-15)24-8-10-25(11-9-24)20(28)14-23-19-13-17(26(29)30)5-6-18(19)22-7-12-27/h1-6,13,22-23,27H,7-12,14H2. The lowest BCUT2D eigenvalue weighted by molar-refractivity contribution is -0.384. The average Bonchev–Trinajstić information content (AvgIpc) is 2.76. The molecule has 0 atom stereocenters. The molecule has 9 nitrogen and oxygen atoms in total. The van der Waals surface area contributed by atoms with Crippen molar-refractivity contribution in [1.29, 1.82) is 0 Å². The molecule has 1 fully saturated rings. The lowest BCUT2D eigenvalue weighted by Crippen LogP contribution is -2.50. The molecule has 0 aliphatic carbocycles. The fraction of sp³-hybridized carbons (Fsp3) is 0.350. The van der Waals surface area contributed by atoms with Gasteiger partial charge in [-0.15, -0.1) is 0 Å². The first-order valence-corrected chi connectivity index (χ1v) is 9.63. The molecule has 1 amide bonds. The number of hydrogen-bond donors (Lipinski definition) is 3. The van der Waals surface area contributed by atoms with E-state index in [1.54, 1.807) is 23.1 Å². The maximum atomic E-state index is 13.1. The van der Waals surface area contributed by atoms with E-state index >= 15 is 0 Å². The predicted molar refractivity (Wildman–Crippen MR) is 112 cm³/mol. The highest BCUT2D eigenvalue weighted by atomic mass is 19.1. The first-order chi connectivity index (χ1) is 14.5. The molecular weight excluding hydrogens is 393 g/mol. The predicted octanol–water partition coefficient (Wildman–Crippen LogP) is 1.90. The molecule has 2 aromatic rings. The molecule has 0 radical (unpaired) electrons. The Kier molecular flexibility index (Phi) is 7.02. The molecule has 1 heterocycles. The number of benzene rings is 2. The van der Waals surface area contributed by atoms with Gasteiger partial charge >= 0.3 is 0 Å². The molecule has 0 spiro atoms. The number of piperazine rings is 1. The molecule has 3 N–H and O–H groups in total. The zero-order valence-corrected chi connectivity index (χ0v) is 16.4. The Balaban J connectivity index is 1.57. The van der Waals surface area contributed by atoms with Crippen molar-refractivity contribution < 1.29 is 19.2 Å². The van der Waals surface area contributed by atoms with Gasteiger partial charge in [0.25, 0.3) is 5.69 Å². The number of nitro benzene ring substituents is 1. The summed E-state index contributed by atoms with van der Waals surface area (Å²) in [5.41, 5.74) is 1.82. The van der Waals surface area contributed by atoms with Crippen molar-refractivity contribution in [2.24, 2.45) is 0 Å². The molecular formula is C20H24FN5O4. The number of rotatable bonds is 8. The van der Waals surface area contributed by atoms with Crippen molar-refractivity contribution in [3.05, 3.63) is 58.4 Å². The van der Waals surface area contributed by atoms with Crippen LogP contribution in [0.5, 0.6) is 0 Å². The van der Waals surface area contributed by atoms with Gasteiger partial charge in [0, 0.05) is 50.5 Å². The third-order valence-corrected chi connectivity index (χ3v) is 4.90. The second-order valence-corrected chi connectivity index (χ2v) is 6.84. The molecule has 2 aromatic carbocycles. The Labute approximate surface area is 173 Å². The van der Waals surface area contributed by atoms with E-state index in [4.69, 9.17) is 5.11 Å². The van der Waals surface area contributed by atoms with E-state index in [0.29, 0.717) is 37.6 Å². The largest absolute Gasteiger partial charge is 0.395 e. The van der Waals surface area contributed by atoms with Gasteiger partial charge in [-0.25, -0.2) is 4.39 Å². The van der Waals surface area contributed by atoms with Crippen molar-refractivity contribution in [2.45, 2.75) is 0 Å². The van der Waals surface area contributed by atoms with Crippen LogP contribution in [0.4, 0.5) is 27.1 Å². The van der Waals surface area contributed by atoms with E-state index in [-0.39, 0.29) is 37.1 Å². The van der Waals surface area contributed by atoms with Gasteiger partial charge in [-0.3, -0.25) is 14.9 Å². The molecule has 1 aliphatic rings. The van der Waals surface area contributed by atoms with Crippen molar-refractivity contribution in [1.82, 2.24) is 4.90 Å². The van der Waals surface area contributed by atoms with Crippen LogP contribution in [0.3, 0.4) is 0 Å². The molecule has 0 aromatic heterocycles. The normalized spacial score (nSPS) is 13.8. The third-order valence-electron chi connectivity index (χ3n) is 4.90. The SMILES string of the molecule is O=C(CNc1cc([N+](=O)[O-])ccc1NCCO)N1CCN(c2ccc(F)cc2)CC1. The Bertz CT molecular complexity index is 885. The van der Waals surface area contributed by atoms with Crippen LogP contribution in [0.15, 0.2) is 42.5 Å². The van der Waals surface area contributed by atoms with Gasteiger partial charge < -0.3 is 25.5 Å². The van der Waals surface area contributed by atoms with Gasteiger partial charge in [0.1, 0.15) is 5.82 Å². The van der Waals surface area contributed by atoms with E-state index in [9.17, 15) is 19.3 Å². The van der Waals surface area contributed by atoms with Crippen LogP contribution in [0.25, 0.3) is 0 Å². The zero-order valence-electron chi connectivity index (χ0n) is 16.4. The van der Waals surface area contributed by atoms with Crippen LogP contribution in [0, 0.1) is 15.9 Å². The van der Waals surface area contributed by atoms with Crippen LogP contribution in [-0.2, 0) is 4.79 Å². The summed E-state index contributed by atoms with van der Waals surface area (Å²) in [4.78, 5) is 27.0. The number of aliphatic hydroxyl groups is 1. The fourth-order valence-corrected chi connectivity index (χ4v) is 3.29. The Morgan fingerprint density at radius 3 is 2.40 bits per heavy atom. The zero-order chi connectivity index (χ0) is 21.5. The van der Waals surface area contributed by atoms with Gasteiger partial charge in [-0.2, -0.15) is 0 Å². The summed E-state index contributed by atoms with van der Waals surface area (Å²) < 4.78 is 13.1. The van der Waals surface area contributed by atoms with Crippen molar-refractivity contribution in [3.63, 3.8) is 0 Å². The number of nitrogens with zero attached hydrogens (tertiary/aromatic N) is 3. The summed E-state index contributed by atoms with van der Waals surface area (Å²) in [5, 5.41) is 26.0. The van der Waals surface area contributed by atoms with Crippen molar-refractivity contribution in [2.75, 3.05) is 61.4 Å².